The third kappa shape index (κ3) is 4.22. The summed E-state index contributed by atoms with van der Waals surface area (Å²) in [5, 5.41) is -0.343. The van der Waals surface area contributed by atoms with Crippen LogP contribution in [0.5, 0.6) is 0 Å². The molecular formula is C11H22ClNO2S. The molecule has 1 fully saturated rings. The van der Waals surface area contributed by atoms with E-state index in [-0.39, 0.29) is 10.6 Å². The first kappa shape index (κ1) is 14.3. The van der Waals surface area contributed by atoms with E-state index in [1.807, 2.05) is 0 Å². The van der Waals surface area contributed by atoms with Crippen LogP contribution in [0, 0.1) is 11.3 Å². The smallest absolute Gasteiger partial charge is 0.214 e. The van der Waals surface area contributed by atoms with Gasteiger partial charge in [0.15, 0.2) is 0 Å². The maximum Gasteiger partial charge on any atom is 0.225 e. The molecule has 0 bridgehead atoms. The lowest BCUT2D eigenvalue weighted by Gasteiger charge is -2.30. The Hall–Kier alpha value is 0.200. The van der Waals surface area contributed by atoms with E-state index in [1.165, 1.54) is 12.8 Å². The van der Waals surface area contributed by atoms with Crippen molar-refractivity contribution in [2.45, 2.75) is 46.0 Å². The van der Waals surface area contributed by atoms with E-state index in [0.29, 0.717) is 12.5 Å². The van der Waals surface area contributed by atoms with Crippen LogP contribution >= 0.6 is 11.6 Å². The highest BCUT2D eigenvalue weighted by molar-refractivity contribution is 7.90. The molecule has 3 nitrogen and oxygen atoms in total. The highest BCUT2D eigenvalue weighted by Crippen LogP contribution is 2.42. The molecule has 0 aromatic rings. The Labute approximate surface area is 104 Å². The first-order valence-corrected chi connectivity index (χ1v) is 8.11. The largest absolute Gasteiger partial charge is 0.225 e. The molecule has 1 aliphatic rings. The number of hydrogen-bond donors (Lipinski definition) is 1. The summed E-state index contributed by atoms with van der Waals surface area (Å²) < 4.78 is 25.3. The summed E-state index contributed by atoms with van der Waals surface area (Å²) >= 11 is 5.38. The van der Waals surface area contributed by atoms with Gasteiger partial charge in [0.1, 0.15) is 5.21 Å². The van der Waals surface area contributed by atoms with Gasteiger partial charge in [-0.3, -0.25) is 0 Å². The number of halogens is 1. The fraction of sp³-hybridized carbons (Fsp3) is 1.00. The lowest BCUT2D eigenvalue weighted by Crippen LogP contribution is -2.37. The minimum absolute atomic E-state index is 0.174. The van der Waals surface area contributed by atoms with E-state index in [4.69, 9.17) is 11.6 Å². The van der Waals surface area contributed by atoms with Crippen molar-refractivity contribution in [1.82, 2.24) is 4.72 Å². The van der Waals surface area contributed by atoms with Crippen molar-refractivity contribution >= 4 is 21.6 Å². The average molecular weight is 268 g/mol. The fourth-order valence-electron chi connectivity index (χ4n) is 2.75. The Bertz CT molecular complexity index is 308. The van der Waals surface area contributed by atoms with Crippen molar-refractivity contribution in [2.75, 3.05) is 11.8 Å². The van der Waals surface area contributed by atoms with Crippen molar-refractivity contribution in [3.8, 4) is 0 Å². The zero-order valence-corrected chi connectivity index (χ0v) is 11.7. The summed E-state index contributed by atoms with van der Waals surface area (Å²) in [5.74, 6) is 0.610. The molecule has 0 unspecified atom stereocenters. The van der Waals surface area contributed by atoms with E-state index in [0.717, 1.165) is 19.3 Å². The molecule has 0 aromatic heterocycles. The van der Waals surface area contributed by atoms with Crippen LogP contribution in [0.2, 0.25) is 0 Å². The molecule has 96 valence electrons. The summed E-state index contributed by atoms with van der Waals surface area (Å²) in [6, 6.07) is 0. The number of rotatable bonds is 6. The molecule has 16 heavy (non-hydrogen) atoms. The molecule has 1 saturated carbocycles. The van der Waals surface area contributed by atoms with Gasteiger partial charge in [-0.15, -0.1) is 11.6 Å². The van der Waals surface area contributed by atoms with Crippen LogP contribution in [-0.2, 0) is 10.0 Å². The molecule has 0 spiro atoms. The molecule has 1 rings (SSSR count). The van der Waals surface area contributed by atoms with E-state index >= 15 is 0 Å². The van der Waals surface area contributed by atoms with Crippen LogP contribution in [0.15, 0.2) is 0 Å². The fourth-order valence-corrected chi connectivity index (χ4v) is 3.58. The van der Waals surface area contributed by atoms with Gasteiger partial charge in [0, 0.05) is 6.54 Å². The zero-order chi connectivity index (χ0) is 12.2. The van der Waals surface area contributed by atoms with Gasteiger partial charge in [0.05, 0.1) is 0 Å². The number of alkyl halides is 1. The van der Waals surface area contributed by atoms with Gasteiger partial charge in [0.2, 0.25) is 10.0 Å². The first-order chi connectivity index (χ1) is 7.39. The molecule has 0 aromatic carbocycles. The molecule has 1 N–H and O–H groups in total. The predicted octanol–water partition coefficient (Wildman–Crippen LogP) is 2.71. The van der Waals surface area contributed by atoms with Crippen LogP contribution in [0.3, 0.4) is 0 Å². The number of nitrogens with one attached hydrogen (secondary N) is 1. The van der Waals surface area contributed by atoms with Crippen molar-refractivity contribution < 1.29 is 8.42 Å². The molecule has 0 heterocycles. The van der Waals surface area contributed by atoms with E-state index in [2.05, 4.69) is 18.6 Å². The molecular weight excluding hydrogens is 246 g/mol. The Morgan fingerprint density at radius 3 is 2.31 bits per heavy atom. The van der Waals surface area contributed by atoms with Crippen molar-refractivity contribution in [2.24, 2.45) is 11.3 Å². The molecule has 0 radical (unpaired) electrons. The quantitative estimate of drug-likeness (QED) is 0.752. The van der Waals surface area contributed by atoms with Gasteiger partial charge in [-0.1, -0.05) is 26.7 Å². The molecule has 0 amide bonds. The van der Waals surface area contributed by atoms with Gasteiger partial charge in [0.25, 0.3) is 0 Å². The minimum Gasteiger partial charge on any atom is -0.214 e. The standard InChI is InChI=1S/C11H22ClNO2S/c1-10(2)7-11(5-3-4-6-11)8-13-16(14,15)9-12/h10,13H,3-9H2,1-2H3. The normalized spacial score (nSPS) is 20.5. The highest BCUT2D eigenvalue weighted by atomic mass is 35.5. The predicted molar refractivity (Wildman–Crippen MR) is 68.0 cm³/mol. The molecule has 5 heteroatoms. The van der Waals surface area contributed by atoms with E-state index in [9.17, 15) is 8.42 Å². The molecule has 0 saturated heterocycles. The second-order valence-corrected chi connectivity index (χ2v) is 7.74. The van der Waals surface area contributed by atoms with Crippen molar-refractivity contribution in [3.05, 3.63) is 0 Å². The second-order valence-electron chi connectivity index (χ2n) is 5.35. The maximum atomic E-state index is 11.3. The molecule has 0 aliphatic heterocycles. The Balaban J connectivity index is 2.58. The molecule has 1 aliphatic carbocycles. The summed E-state index contributed by atoms with van der Waals surface area (Å²) in [7, 11) is -3.27. The van der Waals surface area contributed by atoms with Crippen LogP contribution in [-0.4, -0.2) is 20.2 Å². The van der Waals surface area contributed by atoms with E-state index < -0.39 is 10.0 Å². The molecule has 0 atom stereocenters. The van der Waals surface area contributed by atoms with Crippen LogP contribution in [0.1, 0.15) is 46.0 Å². The van der Waals surface area contributed by atoms with Gasteiger partial charge in [-0.2, -0.15) is 0 Å². The number of sulfonamides is 1. The average Bonchev–Trinajstić information content (AvgIpc) is 2.64. The monoisotopic (exact) mass is 267 g/mol. The summed E-state index contributed by atoms with van der Waals surface area (Å²) in [4.78, 5) is 0. The van der Waals surface area contributed by atoms with Gasteiger partial charge in [-0.25, -0.2) is 13.1 Å². The van der Waals surface area contributed by atoms with E-state index in [1.54, 1.807) is 0 Å². The van der Waals surface area contributed by atoms with Crippen LogP contribution in [0.25, 0.3) is 0 Å². The number of hydrogen-bond acceptors (Lipinski definition) is 2. The lowest BCUT2D eigenvalue weighted by molar-refractivity contribution is 0.236. The van der Waals surface area contributed by atoms with Gasteiger partial charge in [-0.05, 0) is 30.6 Å². The third-order valence-electron chi connectivity index (χ3n) is 3.32. The van der Waals surface area contributed by atoms with Crippen molar-refractivity contribution in [1.29, 1.82) is 0 Å². The summed E-state index contributed by atoms with van der Waals surface area (Å²) in [6.07, 6.45) is 5.80. The van der Waals surface area contributed by atoms with Gasteiger partial charge < -0.3 is 0 Å². The summed E-state index contributed by atoms with van der Waals surface area (Å²) in [6.45, 7) is 4.94. The SMILES string of the molecule is CC(C)CC1(CNS(=O)(=O)CCl)CCCC1. The minimum atomic E-state index is -3.27. The third-order valence-corrected chi connectivity index (χ3v) is 5.05. The summed E-state index contributed by atoms with van der Waals surface area (Å²) in [5.41, 5.74) is 0.174. The van der Waals surface area contributed by atoms with Gasteiger partial charge >= 0.3 is 0 Å². The second kappa shape index (κ2) is 5.69. The van der Waals surface area contributed by atoms with Crippen LogP contribution in [0.4, 0.5) is 0 Å². The topological polar surface area (TPSA) is 46.2 Å². The Kier molecular flexibility index (Phi) is 5.08. The lowest BCUT2D eigenvalue weighted by atomic mass is 9.79. The Morgan fingerprint density at radius 1 is 1.31 bits per heavy atom. The Morgan fingerprint density at radius 2 is 1.88 bits per heavy atom. The van der Waals surface area contributed by atoms with Crippen LogP contribution < -0.4 is 4.72 Å². The zero-order valence-electron chi connectivity index (χ0n) is 10.1. The maximum absolute atomic E-state index is 11.3. The van der Waals surface area contributed by atoms with Crippen molar-refractivity contribution in [3.63, 3.8) is 0 Å². The first-order valence-electron chi connectivity index (χ1n) is 5.92. The highest BCUT2D eigenvalue weighted by Gasteiger charge is 2.35.